The third-order valence-electron chi connectivity index (χ3n) is 4.26. The first kappa shape index (κ1) is 15.0. The third-order valence-corrected chi connectivity index (χ3v) is 4.26. The summed E-state index contributed by atoms with van der Waals surface area (Å²) >= 11 is 0. The van der Waals surface area contributed by atoms with E-state index in [1.54, 1.807) is 0 Å². The largest absolute Gasteiger partial charge is 0.394 e. The van der Waals surface area contributed by atoms with E-state index in [0.717, 1.165) is 36.0 Å². The molecule has 1 fully saturated rings. The second-order valence-electron chi connectivity index (χ2n) is 6.11. The van der Waals surface area contributed by atoms with Gasteiger partial charge in [-0.1, -0.05) is 31.9 Å². The summed E-state index contributed by atoms with van der Waals surface area (Å²) in [5.41, 5.74) is 8.04. The van der Waals surface area contributed by atoms with Crippen LogP contribution in [-0.4, -0.2) is 27.7 Å². The van der Waals surface area contributed by atoms with Crippen molar-refractivity contribution in [3.8, 4) is 0 Å². The quantitative estimate of drug-likeness (QED) is 0.732. The molecule has 5 heteroatoms. The summed E-state index contributed by atoms with van der Waals surface area (Å²) in [6.45, 7) is 2.24. The van der Waals surface area contributed by atoms with Gasteiger partial charge in [0.15, 0.2) is 0 Å². The fourth-order valence-corrected chi connectivity index (χ4v) is 2.92. The van der Waals surface area contributed by atoms with Crippen molar-refractivity contribution in [1.82, 2.24) is 9.97 Å². The van der Waals surface area contributed by atoms with E-state index in [0.29, 0.717) is 5.92 Å². The Kier molecular flexibility index (Phi) is 4.43. The summed E-state index contributed by atoms with van der Waals surface area (Å²) in [7, 11) is 0. The Balaban J connectivity index is 1.99. The van der Waals surface area contributed by atoms with Gasteiger partial charge in [0.2, 0.25) is 5.95 Å². The second kappa shape index (κ2) is 6.48. The zero-order valence-corrected chi connectivity index (χ0v) is 13.0. The average Bonchev–Trinajstić information content (AvgIpc) is 3.35. The van der Waals surface area contributed by atoms with Gasteiger partial charge in [-0.05, 0) is 36.8 Å². The van der Waals surface area contributed by atoms with Gasteiger partial charge in [0.05, 0.1) is 18.2 Å². The van der Waals surface area contributed by atoms with Crippen molar-refractivity contribution >= 4 is 22.7 Å². The molecule has 1 aromatic heterocycles. The van der Waals surface area contributed by atoms with Gasteiger partial charge in [-0.15, -0.1) is 0 Å². The van der Waals surface area contributed by atoms with Crippen LogP contribution in [0.2, 0.25) is 0 Å². The molecule has 1 saturated carbocycles. The van der Waals surface area contributed by atoms with Crippen molar-refractivity contribution in [3.63, 3.8) is 0 Å². The monoisotopic (exact) mass is 300 g/mol. The number of nitrogens with one attached hydrogen (secondary N) is 1. The molecule has 0 saturated heterocycles. The minimum Gasteiger partial charge on any atom is -0.394 e. The number of rotatable bonds is 7. The number of benzene rings is 1. The Morgan fingerprint density at radius 1 is 1.36 bits per heavy atom. The maximum absolute atomic E-state index is 9.61. The lowest BCUT2D eigenvalue weighted by atomic mass is 10.0. The first-order chi connectivity index (χ1) is 10.7. The van der Waals surface area contributed by atoms with E-state index in [1.165, 1.54) is 18.4 Å². The van der Waals surface area contributed by atoms with Gasteiger partial charge in [-0.3, -0.25) is 0 Å². The summed E-state index contributed by atoms with van der Waals surface area (Å²) in [6, 6.07) is 6.17. The van der Waals surface area contributed by atoms with Crippen molar-refractivity contribution < 1.29 is 5.11 Å². The molecule has 1 aliphatic rings. The van der Waals surface area contributed by atoms with E-state index in [-0.39, 0.29) is 18.6 Å². The van der Waals surface area contributed by atoms with Crippen LogP contribution in [0, 0.1) is 0 Å². The van der Waals surface area contributed by atoms with E-state index in [9.17, 15) is 5.11 Å². The SMILES string of the molecule is CCCCC(CO)Nc1nc(N)nc2cccc(C3CC3)c12. The van der Waals surface area contributed by atoms with E-state index >= 15 is 0 Å². The number of anilines is 2. The van der Waals surface area contributed by atoms with E-state index in [2.05, 4.69) is 28.3 Å². The van der Waals surface area contributed by atoms with Crippen LogP contribution in [0.15, 0.2) is 18.2 Å². The van der Waals surface area contributed by atoms with Gasteiger partial charge < -0.3 is 16.2 Å². The second-order valence-corrected chi connectivity index (χ2v) is 6.11. The molecule has 0 aliphatic heterocycles. The van der Waals surface area contributed by atoms with Gasteiger partial charge in [-0.25, -0.2) is 4.98 Å². The summed E-state index contributed by atoms with van der Waals surface area (Å²) in [5.74, 6) is 1.65. The van der Waals surface area contributed by atoms with Crippen molar-refractivity contribution in [1.29, 1.82) is 0 Å². The van der Waals surface area contributed by atoms with Gasteiger partial charge in [0.25, 0.3) is 0 Å². The molecule has 1 aliphatic carbocycles. The fourth-order valence-electron chi connectivity index (χ4n) is 2.92. The van der Waals surface area contributed by atoms with Gasteiger partial charge >= 0.3 is 0 Å². The number of aliphatic hydroxyl groups excluding tert-OH is 1. The maximum atomic E-state index is 9.61. The number of aromatic nitrogens is 2. The lowest BCUT2D eigenvalue weighted by Crippen LogP contribution is -2.24. The van der Waals surface area contributed by atoms with Crippen LogP contribution < -0.4 is 11.1 Å². The number of fused-ring (bicyclic) bond motifs is 1. The normalized spacial score (nSPS) is 15.9. The predicted molar refractivity (Wildman–Crippen MR) is 89.9 cm³/mol. The standard InChI is InChI=1S/C17H24N4O/c1-2-3-5-12(10-22)19-16-15-13(11-8-9-11)6-4-7-14(15)20-17(18)21-16/h4,6-7,11-12,22H,2-3,5,8-10H2,1H3,(H3,18,19,20,21). The zero-order valence-electron chi connectivity index (χ0n) is 13.0. The van der Waals surface area contributed by atoms with Crippen LogP contribution >= 0.6 is 0 Å². The van der Waals surface area contributed by atoms with Crippen LogP contribution in [0.4, 0.5) is 11.8 Å². The van der Waals surface area contributed by atoms with Crippen LogP contribution in [0.25, 0.3) is 10.9 Å². The third kappa shape index (κ3) is 3.14. The summed E-state index contributed by atoms with van der Waals surface area (Å²) in [4.78, 5) is 8.78. The lowest BCUT2D eigenvalue weighted by Gasteiger charge is -2.19. The molecule has 1 aromatic carbocycles. The fraction of sp³-hybridized carbons (Fsp3) is 0.529. The Bertz CT molecular complexity index is 654. The molecule has 0 spiro atoms. The van der Waals surface area contributed by atoms with Gasteiger partial charge in [0, 0.05) is 5.39 Å². The Morgan fingerprint density at radius 3 is 2.86 bits per heavy atom. The number of nitrogens with two attached hydrogens (primary N) is 1. The molecule has 0 radical (unpaired) electrons. The molecule has 3 rings (SSSR count). The highest BCUT2D eigenvalue weighted by Gasteiger charge is 2.27. The summed E-state index contributed by atoms with van der Waals surface area (Å²) < 4.78 is 0. The minimum absolute atomic E-state index is 0.00436. The number of nitrogen functional groups attached to an aromatic ring is 1. The number of unbranched alkanes of at least 4 members (excludes halogenated alkanes) is 1. The molecule has 1 unspecified atom stereocenters. The number of hydrogen-bond acceptors (Lipinski definition) is 5. The smallest absolute Gasteiger partial charge is 0.222 e. The average molecular weight is 300 g/mol. The maximum Gasteiger partial charge on any atom is 0.222 e. The predicted octanol–water partition coefficient (Wildman–Crippen LogP) is 3.05. The molecule has 2 aromatic rings. The van der Waals surface area contributed by atoms with Crippen molar-refractivity contribution in [3.05, 3.63) is 23.8 Å². The minimum atomic E-state index is 0.00436. The Morgan fingerprint density at radius 2 is 2.18 bits per heavy atom. The molecule has 1 atom stereocenters. The number of aliphatic hydroxyl groups is 1. The zero-order chi connectivity index (χ0) is 15.5. The molecule has 22 heavy (non-hydrogen) atoms. The van der Waals surface area contributed by atoms with Crippen LogP contribution in [-0.2, 0) is 0 Å². The van der Waals surface area contributed by atoms with Crippen molar-refractivity contribution in [2.75, 3.05) is 17.7 Å². The molecular weight excluding hydrogens is 276 g/mol. The van der Waals surface area contributed by atoms with E-state index < -0.39 is 0 Å². The summed E-state index contributed by atoms with van der Waals surface area (Å²) in [5, 5.41) is 14.1. The Hall–Kier alpha value is -1.88. The lowest BCUT2D eigenvalue weighted by molar-refractivity contribution is 0.267. The first-order valence-electron chi connectivity index (χ1n) is 8.16. The Labute approximate surface area is 131 Å². The topological polar surface area (TPSA) is 84.1 Å². The summed E-state index contributed by atoms with van der Waals surface area (Å²) in [6.07, 6.45) is 5.55. The first-order valence-corrected chi connectivity index (χ1v) is 8.16. The number of nitrogens with zero attached hydrogens (tertiary/aromatic N) is 2. The number of hydrogen-bond donors (Lipinski definition) is 3. The molecule has 118 valence electrons. The van der Waals surface area contributed by atoms with Crippen molar-refractivity contribution in [2.24, 2.45) is 0 Å². The highest BCUT2D eigenvalue weighted by molar-refractivity contribution is 5.93. The van der Waals surface area contributed by atoms with E-state index in [4.69, 9.17) is 5.73 Å². The molecule has 5 nitrogen and oxygen atoms in total. The van der Waals surface area contributed by atoms with Crippen LogP contribution in [0.3, 0.4) is 0 Å². The highest BCUT2D eigenvalue weighted by Crippen LogP contribution is 2.44. The van der Waals surface area contributed by atoms with Gasteiger partial charge in [-0.2, -0.15) is 4.98 Å². The molecule has 0 amide bonds. The molecular formula is C17H24N4O. The molecule has 1 heterocycles. The van der Waals surface area contributed by atoms with Crippen LogP contribution in [0.1, 0.15) is 50.5 Å². The molecule has 4 N–H and O–H groups in total. The van der Waals surface area contributed by atoms with Gasteiger partial charge in [0.1, 0.15) is 5.82 Å². The van der Waals surface area contributed by atoms with Crippen LogP contribution in [0.5, 0.6) is 0 Å². The molecule has 0 bridgehead atoms. The van der Waals surface area contributed by atoms with Crippen molar-refractivity contribution in [2.45, 2.75) is 51.0 Å². The highest BCUT2D eigenvalue weighted by atomic mass is 16.3. The van der Waals surface area contributed by atoms with E-state index in [1.807, 2.05) is 12.1 Å².